The standard InChI is InChI=1S/C22H23FN2O2/c1-14-15(2)24-20-8-3-16(13-19(14)20)21(26)25-11-9-22(27,10-12-25)17-4-6-18(23)7-5-17/h3-8,13,24,27H,9-12H2,1-2H3. The number of nitrogens with zero attached hydrogens (tertiary/aromatic N) is 1. The van der Waals surface area contributed by atoms with Crippen molar-refractivity contribution in [2.75, 3.05) is 13.1 Å². The van der Waals surface area contributed by atoms with E-state index in [-0.39, 0.29) is 11.7 Å². The number of aryl methyl sites for hydroxylation is 2. The highest BCUT2D eigenvalue weighted by Gasteiger charge is 2.35. The molecule has 1 aromatic heterocycles. The summed E-state index contributed by atoms with van der Waals surface area (Å²) in [7, 11) is 0. The molecule has 2 N–H and O–H groups in total. The number of carbonyl (C=O) groups is 1. The minimum atomic E-state index is -1.01. The van der Waals surface area contributed by atoms with Gasteiger partial charge in [0.05, 0.1) is 5.60 Å². The Morgan fingerprint density at radius 1 is 1.11 bits per heavy atom. The molecule has 0 aliphatic carbocycles. The van der Waals surface area contributed by atoms with E-state index in [0.29, 0.717) is 37.1 Å². The first-order valence-corrected chi connectivity index (χ1v) is 9.24. The van der Waals surface area contributed by atoms with Gasteiger partial charge in [0.1, 0.15) is 5.82 Å². The third kappa shape index (κ3) is 3.12. The van der Waals surface area contributed by atoms with E-state index in [4.69, 9.17) is 0 Å². The van der Waals surface area contributed by atoms with Crippen LogP contribution in [0.15, 0.2) is 42.5 Å². The van der Waals surface area contributed by atoms with Gasteiger partial charge in [-0.3, -0.25) is 4.79 Å². The van der Waals surface area contributed by atoms with Gasteiger partial charge in [-0.2, -0.15) is 0 Å². The maximum absolute atomic E-state index is 13.1. The lowest BCUT2D eigenvalue weighted by molar-refractivity contribution is -0.0211. The number of carbonyl (C=O) groups excluding carboxylic acids is 1. The number of piperidine rings is 1. The molecule has 2 heterocycles. The van der Waals surface area contributed by atoms with Crippen LogP contribution in [0.3, 0.4) is 0 Å². The lowest BCUT2D eigenvalue weighted by Crippen LogP contribution is -2.45. The second-order valence-electron chi connectivity index (χ2n) is 7.47. The van der Waals surface area contributed by atoms with Gasteiger partial charge in [-0.15, -0.1) is 0 Å². The van der Waals surface area contributed by atoms with Gasteiger partial charge in [-0.1, -0.05) is 12.1 Å². The summed E-state index contributed by atoms with van der Waals surface area (Å²) < 4.78 is 13.1. The summed E-state index contributed by atoms with van der Waals surface area (Å²) >= 11 is 0. The van der Waals surface area contributed by atoms with Gasteiger partial charge in [-0.05, 0) is 68.1 Å². The number of aromatic nitrogens is 1. The molecule has 27 heavy (non-hydrogen) atoms. The number of amides is 1. The minimum Gasteiger partial charge on any atom is -0.385 e. The molecule has 0 spiro atoms. The minimum absolute atomic E-state index is 0.0173. The average Bonchev–Trinajstić information content (AvgIpc) is 2.96. The van der Waals surface area contributed by atoms with Gasteiger partial charge < -0.3 is 15.0 Å². The highest BCUT2D eigenvalue weighted by atomic mass is 19.1. The Kier molecular flexibility index (Phi) is 4.27. The second kappa shape index (κ2) is 6.50. The van der Waals surface area contributed by atoms with Crippen LogP contribution in [0.25, 0.3) is 10.9 Å². The molecular formula is C22H23FN2O2. The summed E-state index contributed by atoms with van der Waals surface area (Å²) in [6, 6.07) is 11.7. The zero-order chi connectivity index (χ0) is 19.2. The molecule has 140 valence electrons. The molecule has 1 aliphatic heterocycles. The SMILES string of the molecule is Cc1[nH]c2ccc(C(=O)N3CCC(O)(c4ccc(F)cc4)CC3)cc2c1C. The number of rotatable bonds is 2. The van der Waals surface area contributed by atoms with E-state index in [1.54, 1.807) is 17.0 Å². The zero-order valence-corrected chi connectivity index (χ0v) is 15.6. The molecule has 4 rings (SSSR count). The number of likely N-dealkylation sites (tertiary alicyclic amines) is 1. The first-order chi connectivity index (χ1) is 12.9. The van der Waals surface area contributed by atoms with Crippen molar-refractivity contribution in [1.82, 2.24) is 9.88 Å². The predicted molar refractivity (Wildman–Crippen MR) is 103 cm³/mol. The number of H-pyrrole nitrogens is 1. The molecule has 3 aromatic rings. The molecule has 0 unspecified atom stereocenters. The molecule has 1 aliphatic rings. The molecule has 0 saturated carbocycles. The fraction of sp³-hybridized carbons (Fsp3) is 0.318. The van der Waals surface area contributed by atoms with E-state index in [0.717, 1.165) is 22.2 Å². The van der Waals surface area contributed by atoms with E-state index in [9.17, 15) is 14.3 Å². The van der Waals surface area contributed by atoms with Gasteiger partial charge in [0.25, 0.3) is 5.91 Å². The second-order valence-corrected chi connectivity index (χ2v) is 7.47. The number of benzene rings is 2. The number of hydrogen-bond donors (Lipinski definition) is 2. The van der Waals surface area contributed by atoms with Crippen LogP contribution in [-0.2, 0) is 5.60 Å². The summed E-state index contributed by atoms with van der Waals surface area (Å²) in [6.07, 6.45) is 0.879. The van der Waals surface area contributed by atoms with Crippen molar-refractivity contribution in [3.63, 3.8) is 0 Å². The molecule has 1 amide bonds. The maximum Gasteiger partial charge on any atom is 0.253 e. The van der Waals surface area contributed by atoms with Crippen LogP contribution in [0.2, 0.25) is 0 Å². The van der Waals surface area contributed by atoms with Gasteiger partial charge in [0.15, 0.2) is 0 Å². The third-order valence-corrected chi connectivity index (χ3v) is 5.81. The van der Waals surface area contributed by atoms with E-state index in [2.05, 4.69) is 4.98 Å². The number of halogens is 1. The number of nitrogens with one attached hydrogen (secondary N) is 1. The van der Waals surface area contributed by atoms with Gasteiger partial charge in [0.2, 0.25) is 0 Å². The summed E-state index contributed by atoms with van der Waals surface area (Å²) in [5.74, 6) is -0.336. The maximum atomic E-state index is 13.1. The Morgan fingerprint density at radius 2 is 1.78 bits per heavy atom. The number of aromatic amines is 1. The Morgan fingerprint density at radius 3 is 2.44 bits per heavy atom. The van der Waals surface area contributed by atoms with Crippen molar-refractivity contribution in [1.29, 1.82) is 0 Å². The molecule has 0 atom stereocenters. The summed E-state index contributed by atoms with van der Waals surface area (Å²) in [5, 5.41) is 12.0. The smallest absolute Gasteiger partial charge is 0.253 e. The highest BCUT2D eigenvalue weighted by Crippen LogP contribution is 2.33. The average molecular weight is 366 g/mol. The third-order valence-electron chi connectivity index (χ3n) is 5.81. The first kappa shape index (κ1) is 17.7. The van der Waals surface area contributed by atoms with Crippen molar-refractivity contribution < 1.29 is 14.3 Å². The van der Waals surface area contributed by atoms with Gasteiger partial charge >= 0.3 is 0 Å². The summed E-state index contributed by atoms with van der Waals surface area (Å²) in [6.45, 7) is 5.01. The predicted octanol–water partition coefficient (Wildman–Crippen LogP) is 4.05. The van der Waals surface area contributed by atoms with Crippen LogP contribution in [-0.4, -0.2) is 34.0 Å². The molecule has 0 bridgehead atoms. The van der Waals surface area contributed by atoms with Crippen molar-refractivity contribution in [2.45, 2.75) is 32.3 Å². The van der Waals surface area contributed by atoms with Crippen molar-refractivity contribution >= 4 is 16.8 Å². The van der Waals surface area contributed by atoms with E-state index < -0.39 is 5.60 Å². The first-order valence-electron chi connectivity index (χ1n) is 9.24. The number of hydrogen-bond acceptors (Lipinski definition) is 2. The van der Waals surface area contributed by atoms with Gasteiger partial charge in [0, 0.05) is 35.2 Å². The Bertz CT molecular complexity index is 999. The van der Waals surface area contributed by atoms with Crippen molar-refractivity contribution in [3.8, 4) is 0 Å². The van der Waals surface area contributed by atoms with Crippen LogP contribution in [0.4, 0.5) is 4.39 Å². The molecular weight excluding hydrogens is 343 g/mol. The van der Waals surface area contributed by atoms with Crippen LogP contribution in [0.5, 0.6) is 0 Å². The molecule has 1 saturated heterocycles. The Hall–Kier alpha value is -2.66. The summed E-state index contributed by atoms with van der Waals surface area (Å²) in [5.41, 5.74) is 3.66. The van der Waals surface area contributed by atoms with E-state index in [1.807, 2.05) is 32.0 Å². The lowest BCUT2D eigenvalue weighted by Gasteiger charge is -2.38. The Balaban J connectivity index is 1.51. The van der Waals surface area contributed by atoms with Gasteiger partial charge in [-0.25, -0.2) is 4.39 Å². The van der Waals surface area contributed by atoms with Crippen molar-refractivity contribution in [2.24, 2.45) is 0 Å². The number of aliphatic hydroxyl groups is 1. The van der Waals surface area contributed by atoms with Crippen LogP contribution >= 0.6 is 0 Å². The normalized spacial score (nSPS) is 16.7. The molecule has 0 radical (unpaired) electrons. The molecule has 5 heteroatoms. The van der Waals surface area contributed by atoms with Crippen LogP contribution < -0.4 is 0 Å². The van der Waals surface area contributed by atoms with E-state index >= 15 is 0 Å². The van der Waals surface area contributed by atoms with E-state index in [1.165, 1.54) is 12.1 Å². The topological polar surface area (TPSA) is 56.3 Å². The monoisotopic (exact) mass is 366 g/mol. The largest absolute Gasteiger partial charge is 0.385 e. The summed E-state index contributed by atoms with van der Waals surface area (Å²) in [4.78, 5) is 18.0. The quantitative estimate of drug-likeness (QED) is 0.719. The van der Waals surface area contributed by atoms with Crippen LogP contribution in [0, 0.1) is 19.7 Å². The molecule has 4 nitrogen and oxygen atoms in total. The lowest BCUT2D eigenvalue weighted by atomic mass is 9.84. The zero-order valence-electron chi connectivity index (χ0n) is 15.6. The van der Waals surface area contributed by atoms with Crippen LogP contribution in [0.1, 0.15) is 40.0 Å². The number of fused-ring (bicyclic) bond motifs is 1. The highest BCUT2D eigenvalue weighted by molar-refractivity contribution is 5.99. The van der Waals surface area contributed by atoms with Crippen molar-refractivity contribution in [3.05, 3.63) is 70.7 Å². The molecule has 1 fully saturated rings. The fourth-order valence-electron chi connectivity index (χ4n) is 3.91. The fourth-order valence-corrected chi connectivity index (χ4v) is 3.91. The molecule has 2 aromatic carbocycles. The Labute approximate surface area is 157 Å².